The first-order valence-electron chi connectivity index (χ1n) is 8.92. The Morgan fingerprint density at radius 1 is 1.04 bits per heavy atom. The molecule has 1 heterocycles. The van der Waals surface area contributed by atoms with Gasteiger partial charge in [-0.2, -0.15) is 0 Å². The number of rotatable bonds is 8. The summed E-state index contributed by atoms with van der Waals surface area (Å²) >= 11 is 0. The molecule has 0 unspecified atom stereocenters. The highest BCUT2D eigenvalue weighted by Gasteiger charge is 2.10. The van der Waals surface area contributed by atoms with Crippen LogP contribution in [0.3, 0.4) is 0 Å². The molecule has 138 valence electrons. The van der Waals surface area contributed by atoms with Crippen LogP contribution in [0, 0.1) is 0 Å². The van der Waals surface area contributed by atoms with Crippen LogP contribution in [0.25, 0.3) is 0 Å². The van der Waals surface area contributed by atoms with Crippen LogP contribution in [-0.4, -0.2) is 41.5 Å². The molecule has 6 nitrogen and oxygen atoms in total. The normalized spacial score (nSPS) is 10.2. The molecule has 1 aromatic carbocycles. The number of likely N-dealkylation sites (N-methyl/N-ethyl adjacent to an activating group) is 1. The van der Waals surface area contributed by atoms with Crippen molar-refractivity contribution in [1.29, 1.82) is 0 Å². The molecule has 0 aliphatic heterocycles. The van der Waals surface area contributed by atoms with Gasteiger partial charge in [-0.25, -0.2) is 4.79 Å². The molecule has 2 aromatic rings. The van der Waals surface area contributed by atoms with Crippen LogP contribution in [0.4, 0.5) is 10.5 Å². The van der Waals surface area contributed by atoms with Crippen molar-refractivity contribution in [2.75, 3.05) is 25.0 Å². The van der Waals surface area contributed by atoms with Crippen LogP contribution >= 0.6 is 0 Å². The maximum Gasteiger partial charge on any atom is 0.319 e. The summed E-state index contributed by atoms with van der Waals surface area (Å²) in [5.74, 6) is 0.115. The van der Waals surface area contributed by atoms with Crippen molar-refractivity contribution in [2.24, 2.45) is 0 Å². The van der Waals surface area contributed by atoms with E-state index in [4.69, 9.17) is 0 Å². The SMILES string of the molecule is CCN(CC)C(=O)Cc1ccc(NC(=O)NCCc2cccnc2)cc1. The molecular weight excluding hydrogens is 328 g/mol. The molecule has 6 heteroatoms. The highest BCUT2D eigenvalue weighted by atomic mass is 16.2. The third-order valence-electron chi connectivity index (χ3n) is 4.11. The molecule has 0 saturated heterocycles. The summed E-state index contributed by atoms with van der Waals surface area (Å²) in [6.45, 7) is 5.92. The lowest BCUT2D eigenvalue weighted by Crippen LogP contribution is -2.31. The highest BCUT2D eigenvalue weighted by Crippen LogP contribution is 2.11. The summed E-state index contributed by atoms with van der Waals surface area (Å²) in [6.07, 6.45) is 4.62. The molecule has 0 spiro atoms. The molecule has 0 bridgehead atoms. The van der Waals surface area contributed by atoms with Crippen molar-refractivity contribution >= 4 is 17.6 Å². The fraction of sp³-hybridized carbons (Fsp3) is 0.350. The van der Waals surface area contributed by atoms with Gasteiger partial charge in [0, 0.05) is 37.7 Å². The van der Waals surface area contributed by atoms with Crippen molar-refractivity contribution in [3.63, 3.8) is 0 Å². The molecule has 3 amide bonds. The van der Waals surface area contributed by atoms with Crippen LogP contribution in [0.2, 0.25) is 0 Å². The van der Waals surface area contributed by atoms with E-state index in [1.54, 1.807) is 12.4 Å². The Hall–Kier alpha value is -2.89. The van der Waals surface area contributed by atoms with Crippen LogP contribution in [0.15, 0.2) is 48.8 Å². The Balaban J connectivity index is 1.77. The molecule has 26 heavy (non-hydrogen) atoms. The monoisotopic (exact) mass is 354 g/mol. The van der Waals surface area contributed by atoms with Crippen molar-refractivity contribution in [3.8, 4) is 0 Å². The van der Waals surface area contributed by atoms with E-state index in [1.807, 2.05) is 55.1 Å². The van der Waals surface area contributed by atoms with E-state index in [0.29, 0.717) is 31.7 Å². The quantitative estimate of drug-likeness (QED) is 0.765. The van der Waals surface area contributed by atoms with E-state index >= 15 is 0 Å². The van der Waals surface area contributed by atoms with Crippen LogP contribution in [-0.2, 0) is 17.6 Å². The zero-order valence-corrected chi connectivity index (χ0v) is 15.4. The number of carbonyl (C=O) groups excluding carboxylic acids is 2. The lowest BCUT2D eigenvalue weighted by Gasteiger charge is -2.18. The van der Waals surface area contributed by atoms with Crippen molar-refractivity contribution in [3.05, 3.63) is 59.9 Å². The minimum Gasteiger partial charge on any atom is -0.343 e. The fourth-order valence-corrected chi connectivity index (χ4v) is 2.61. The molecular formula is C20H26N4O2. The van der Waals surface area contributed by atoms with Crippen LogP contribution in [0.1, 0.15) is 25.0 Å². The third-order valence-corrected chi connectivity index (χ3v) is 4.11. The molecule has 0 aliphatic carbocycles. The fourth-order valence-electron chi connectivity index (χ4n) is 2.61. The molecule has 0 fully saturated rings. The lowest BCUT2D eigenvalue weighted by atomic mass is 10.1. The van der Waals surface area contributed by atoms with Crippen molar-refractivity contribution in [1.82, 2.24) is 15.2 Å². The number of anilines is 1. The average Bonchev–Trinajstić information content (AvgIpc) is 2.65. The number of pyridine rings is 1. The van der Waals surface area contributed by atoms with E-state index in [0.717, 1.165) is 17.5 Å². The van der Waals surface area contributed by atoms with Gasteiger partial charge in [0.1, 0.15) is 0 Å². The lowest BCUT2D eigenvalue weighted by molar-refractivity contribution is -0.130. The van der Waals surface area contributed by atoms with Gasteiger partial charge in [0.15, 0.2) is 0 Å². The van der Waals surface area contributed by atoms with E-state index in [1.165, 1.54) is 0 Å². The first-order valence-corrected chi connectivity index (χ1v) is 8.92. The predicted molar refractivity (Wildman–Crippen MR) is 103 cm³/mol. The second-order valence-electron chi connectivity index (χ2n) is 5.93. The Morgan fingerprint density at radius 2 is 1.77 bits per heavy atom. The number of aromatic nitrogens is 1. The summed E-state index contributed by atoms with van der Waals surface area (Å²) in [6, 6.07) is 11.0. The van der Waals surface area contributed by atoms with Gasteiger partial charge in [0.2, 0.25) is 5.91 Å². The van der Waals surface area contributed by atoms with Crippen LogP contribution in [0.5, 0.6) is 0 Å². The predicted octanol–water partition coefficient (Wildman–Crippen LogP) is 2.86. The summed E-state index contributed by atoms with van der Waals surface area (Å²) in [7, 11) is 0. The minimum atomic E-state index is -0.249. The smallest absolute Gasteiger partial charge is 0.319 e. The molecule has 0 atom stereocenters. The van der Waals surface area contributed by atoms with Gasteiger partial charge in [-0.3, -0.25) is 9.78 Å². The number of nitrogens with one attached hydrogen (secondary N) is 2. The number of urea groups is 1. The number of benzene rings is 1. The topological polar surface area (TPSA) is 74.3 Å². The Kier molecular flexibility index (Phi) is 7.61. The van der Waals surface area contributed by atoms with E-state index in [2.05, 4.69) is 15.6 Å². The zero-order chi connectivity index (χ0) is 18.8. The van der Waals surface area contributed by atoms with Gasteiger partial charge in [-0.1, -0.05) is 18.2 Å². The van der Waals surface area contributed by atoms with E-state index in [9.17, 15) is 9.59 Å². The first-order chi connectivity index (χ1) is 12.6. The molecule has 2 N–H and O–H groups in total. The summed E-state index contributed by atoms with van der Waals surface area (Å²) < 4.78 is 0. The third kappa shape index (κ3) is 6.20. The zero-order valence-electron chi connectivity index (χ0n) is 15.4. The average molecular weight is 354 g/mol. The number of amides is 3. The summed E-state index contributed by atoms with van der Waals surface area (Å²) in [4.78, 5) is 29.9. The second-order valence-corrected chi connectivity index (χ2v) is 5.93. The highest BCUT2D eigenvalue weighted by molar-refractivity contribution is 5.89. The summed E-state index contributed by atoms with van der Waals surface area (Å²) in [5, 5.41) is 5.61. The number of carbonyl (C=O) groups is 2. The maximum atomic E-state index is 12.1. The van der Waals surface area contributed by atoms with Gasteiger partial charge >= 0.3 is 6.03 Å². The van der Waals surface area contributed by atoms with Gasteiger partial charge in [-0.15, -0.1) is 0 Å². The standard InChI is InChI=1S/C20H26N4O2/c1-3-24(4-2)19(25)14-16-7-9-18(10-8-16)23-20(26)22-13-11-17-6-5-12-21-15-17/h5-10,12,15H,3-4,11,13-14H2,1-2H3,(H2,22,23,26). The van der Waals surface area contributed by atoms with Gasteiger partial charge in [-0.05, 0) is 49.6 Å². The molecule has 1 aromatic heterocycles. The van der Waals surface area contributed by atoms with Crippen molar-refractivity contribution in [2.45, 2.75) is 26.7 Å². The second kappa shape index (κ2) is 10.2. The van der Waals surface area contributed by atoms with Gasteiger partial charge in [0.25, 0.3) is 0 Å². The Labute approximate surface area is 154 Å². The first kappa shape index (κ1) is 19.4. The van der Waals surface area contributed by atoms with E-state index in [-0.39, 0.29) is 11.9 Å². The number of hydrogen-bond acceptors (Lipinski definition) is 3. The Bertz CT molecular complexity index is 698. The number of hydrogen-bond donors (Lipinski definition) is 2. The maximum absolute atomic E-state index is 12.1. The molecule has 2 rings (SSSR count). The van der Waals surface area contributed by atoms with Crippen LogP contribution < -0.4 is 10.6 Å². The molecule has 0 aliphatic rings. The number of nitrogens with zero attached hydrogens (tertiary/aromatic N) is 2. The Morgan fingerprint density at radius 3 is 2.38 bits per heavy atom. The van der Waals surface area contributed by atoms with Crippen molar-refractivity contribution < 1.29 is 9.59 Å². The minimum absolute atomic E-state index is 0.115. The van der Waals surface area contributed by atoms with Gasteiger partial charge in [0.05, 0.1) is 6.42 Å². The van der Waals surface area contributed by atoms with E-state index < -0.39 is 0 Å². The molecule has 0 radical (unpaired) electrons. The molecule has 0 saturated carbocycles. The largest absolute Gasteiger partial charge is 0.343 e. The summed E-state index contributed by atoms with van der Waals surface area (Å²) in [5.41, 5.74) is 2.71. The van der Waals surface area contributed by atoms with Gasteiger partial charge < -0.3 is 15.5 Å².